The number of carboxylic acid groups (broad SMARTS) is 1. The van der Waals surface area contributed by atoms with Gasteiger partial charge >= 0.3 is 5.97 Å². The second-order valence-electron chi connectivity index (χ2n) is 6.08. The van der Waals surface area contributed by atoms with E-state index in [1.54, 1.807) is 0 Å². The summed E-state index contributed by atoms with van der Waals surface area (Å²) in [7, 11) is 0. The van der Waals surface area contributed by atoms with Gasteiger partial charge in [0.2, 0.25) is 5.91 Å². The zero-order chi connectivity index (χ0) is 16.4. The summed E-state index contributed by atoms with van der Waals surface area (Å²) in [5.41, 5.74) is 1.57. The molecule has 0 saturated heterocycles. The molecular formula is C16H20N2O4S. The number of rotatable bonds is 6. The lowest BCUT2D eigenvalue weighted by Crippen LogP contribution is -2.28. The Labute approximate surface area is 138 Å². The first-order valence-corrected chi connectivity index (χ1v) is 8.83. The number of amides is 2. The van der Waals surface area contributed by atoms with Gasteiger partial charge in [-0.15, -0.1) is 11.3 Å². The van der Waals surface area contributed by atoms with Gasteiger partial charge in [0.05, 0.1) is 12.0 Å². The van der Waals surface area contributed by atoms with Gasteiger partial charge in [-0.1, -0.05) is 0 Å². The minimum Gasteiger partial charge on any atom is -0.481 e. The van der Waals surface area contributed by atoms with Crippen LogP contribution in [0.4, 0.5) is 5.00 Å². The van der Waals surface area contributed by atoms with Crippen LogP contribution in [0.25, 0.3) is 0 Å². The highest BCUT2D eigenvalue weighted by atomic mass is 32.1. The largest absolute Gasteiger partial charge is 0.481 e. The number of nitrogens with one attached hydrogen (secondary N) is 2. The number of carbonyl (C=O) groups is 3. The zero-order valence-corrected chi connectivity index (χ0v) is 13.6. The molecule has 2 aliphatic rings. The minimum atomic E-state index is -0.945. The summed E-state index contributed by atoms with van der Waals surface area (Å²) in [5, 5.41) is 14.9. The molecule has 1 aromatic rings. The number of hydrogen-bond donors (Lipinski definition) is 3. The van der Waals surface area contributed by atoms with Gasteiger partial charge in [-0.05, 0) is 44.1 Å². The van der Waals surface area contributed by atoms with Gasteiger partial charge in [0.1, 0.15) is 5.00 Å². The maximum absolute atomic E-state index is 12.5. The quantitative estimate of drug-likeness (QED) is 0.742. The fourth-order valence-electron chi connectivity index (χ4n) is 2.82. The molecule has 7 heteroatoms. The van der Waals surface area contributed by atoms with E-state index in [0.717, 1.165) is 44.1 Å². The van der Waals surface area contributed by atoms with E-state index in [-0.39, 0.29) is 30.7 Å². The van der Waals surface area contributed by atoms with Crippen molar-refractivity contribution in [2.45, 2.75) is 44.9 Å². The van der Waals surface area contributed by atoms with Gasteiger partial charge in [0.15, 0.2) is 0 Å². The molecule has 2 aliphatic carbocycles. The third kappa shape index (κ3) is 3.72. The average molecular weight is 336 g/mol. The van der Waals surface area contributed by atoms with Crippen LogP contribution in [0.5, 0.6) is 0 Å². The number of thiophene rings is 1. The van der Waals surface area contributed by atoms with E-state index < -0.39 is 5.97 Å². The summed E-state index contributed by atoms with van der Waals surface area (Å²) in [6, 6.07) is 0. The second-order valence-corrected chi connectivity index (χ2v) is 7.18. The SMILES string of the molecule is O=C(O)CCNC(=O)c1c(NC(=O)C2CC2)sc2c1CCCC2. The molecule has 23 heavy (non-hydrogen) atoms. The van der Waals surface area contributed by atoms with Gasteiger partial charge in [-0.3, -0.25) is 14.4 Å². The first kappa shape index (κ1) is 16.0. The number of carbonyl (C=O) groups excluding carboxylic acids is 2. The predicted molar refractivity (Wildman–Crippen MR) is 86.9 cm³/mol. The predicted octanol–water partition coefficient (Wildman–Crippen LogP) is 2.18. The van der Waals surface area contributed by atoms with E-state index in [1.807, 2.05) is 0 Å². The Morgan fingerprint density at radius 1 is 1.17 bits per heavy atom. The average Bonchev–Trinajstić information content (AvgIpc) is 3.28. The summed E-state index contributed by atoms with van der Waals surface area (Å²) in [6.45, 7) is 0.0921. The van der Waals surface area contributed by atoms with E-state index in [9.17, 15) is 14.4 Å². The molecule has 0 aliphatic heterocycles. The lowest BCUT2D eigenvalue weighted by molar-refractivity contribution is -0.136. The van der Waals surface area contributed by atoms with Crippen molar-refractivity contribution in [3.8, 4) is 0 Å². The van der Waals surface area contributed by atoms with Crippen molar-refractivity contribution in [1.82, 2.24) is 5.32 Å². The van der Waals surface area contributed by atoms with Gasteiger partial charge in [0.25, 0.3) is 5.91 Å². The highest BCUT2D eigenvalue weighted by Crippen LogP contribution is 2.39. The molecule has 2 amide bonds. The number of aliphatic carboxylic acids is 1. The molecule has 0 unspecified atom stereocenters. The Morgan fingerprint density at radius 3 is 2.61 bits per heavy atom. The van der Waals surface area contributed by atoms with Crippen molar-refractivity contribution >= 4 is 34.1 Å². The number of carboxylic acids is 1. The molecule has 1 heterocycles. The van der Waals surface area contributed by atoms with Gasteiger partial charge in [-0.2, -0.15) is 0 Å². The Balaban J connectivity index is 1.80. The van der Waals surface area contributed by atoms with E-state index in [2.05, 4.69) is 10.6 Å². The fraction of sp³-hybridized carbons (Fsp3) is 0.562. The molecule has 0 atom stereocenters. The maximum atomic E-state index is 12.5. The summed E-state index contributed by atoms with van der Waals surface area (Å²) < 4.78 is 0. The van der Waals surface area contributed by atoms with Crippen LogP contribution >= 0.6 is 11.3 Å². The van der Waals surface area contributed by atoms with Crippen molar-refractivity contribution in [3.63, 3.8) is 0 Å². The summed E-state index contributed by atoms with van der Waals surface area (Å²) in [6.07, 6.45) is 5.64. The fourth-order valence-corrected chi connectivity index (χ4v) is 4.11. The van der Waals surface area contributed by atoms with Crippen LogP contribution in [0.15, 0.2) is 0 Å². The van der Waals surface area contributed by atoms with Gasteiger partial charge in [-0.25, -0.2) is 0 Å². The van der Waals surface area contributed by atoms with Crippen LogP contribution in [0.3, 0.4) is 0 Å². The molecule has 3 N–H and O–H groups in total. The normalized spacial score (nSPS) is 16.5. The van der Waals surface area contributed by atoms with Crippen LogP contribution < -0.4 is 10.6 Å². The summed E-state index contributed by atoms with van der Waals surface area (Å²) in [5.74, 6) is -1.16. The monoisotopic (exact) mass is 336 g/mol. The molecule has 124 valence electrons. The first-order valence-electron chi connectivity index (χ1n) is 8.01. The van der Waals surface area contributed by atoms with E-state index in [0.29, 0.717) is 10.6 Å². The molecule has 1 saturated carbocycles. The van der Waals surface area contributed by atoms with E-state index in [4.69, 9.17) is 5.11 Å². The highest BCUT2D eigenvalue weighted by molar-refractivity contribution is 7.17. The van der Waals surface area contributed by atoms with E-state index >= 15 is 0 Å². The zero-order valence-electron chi connectivity index (χ0n) is 12.8. The highest BCUT2D eigenvalue weighted by Gasteiger charge is 2.32. The van der Waals surface area contributed by atoms with E-state index in [1.165, 1.54) is 16.2 Å². The lowest BCUT2D eigenvalue weighted by atomic mass is 9.95. The number of aryl methyl sites for hydroxylation is 1. The Hall–Kier alpha value is -1.89. The van der Waals surface area contributed by atoms with Crippen LogP contribution in [-0.2, 0) is 22.4 Å². The third-order valence-corrected chi connectivity index (χ3v) is 5.41. The summed E-state index contributed by atoms with van der Waals surface area (Å²) in [4.78, 5) is 36.3. The molecular weight excluding hydrogens is 316 g/mol. The Bertz CT molecular complexity index is 649. The van der Waals surface area contributed by atoms with Crippen molar-refractivity contribution in [2.75, 3.05) is 11.9 Å². The van der Waals surface area contributed by atoms with Crippen LogP contribution in [0, 0.1) is 5.92 Å². The van der Waals surface area contributed by atoms with Crippen LogP contribution in [0.1, 0.15) is 52.9 Å². The topological polar surface area (TPSA) is 95.5 Å². The smallest absolute Gasteiger partial charge is 0.305 e. The Kier molecular flexibility index (Phi) is 4.66. The maximum Gasteiger partial charge on any atom is 0.305 e. The molecule has 3 rings (SSSR count). The molecule has 1 fully saturated rings. The van der Waals surface area contributed by atoms with Crippen molar-refractivity contribution in [3.05, 3.63) is 16.0 Å². The lowest BCUT2D eigenvalue weighted by Gasteiger charge is -2.13. The molecule has 0 radical (unpaired) electrons. The standard InChI is InChI=1S/C16H20N2O4S/c19-12(20)7-8-17-15(22)13-10-3-1-2-4-11(10)23-16(13)18-14(21)9-5-6-9/h9H,1-8H2,(H,17,22)(H,18,21)(H,19,20). The van der Waals surface area contributed by atoms with Crippen molar-refractivity contribution in [2.24, 2.45) is 5.92 Å². The molecule has 0 aromatic carbocycles. The van der Waals surface area contributed by atoms with Gasteiger partial charge in [0, 0.05) is 17.3 Å². The second kappa shape index (κ2) is 6.70. The van der Waals surface area contributed by atoms with Crippen LogP contribution in [0.2, 0.25) is 0 Å². The summed E-state index contributed by atoms with van der Waals surface area (Å²) >= 11 is 1.49. The third-order valence-electron chi connectivity index (χ3n) is 4.21. The molecule has 0 bridgehead atoms. The Morgan fingerprint density at radius 2 is 1.91 bits per heavy atom. The first-order chi connectivity index (χ1) is 11.1. The van der Waals surface area contributed by atoms with Crippen molar-refractivity contribution < 1.29 is 19.5 Å². The van der Waals surface area contributed by atoms with Crippen molar-refractivity contribution in [1.29, 1.82) is 0 Å². The minimum absolute atomic E-state index is 0.0109. The number of anilines is 1. The van der Waals surface area contributed by atoms with Crippen LogP contribution in [-0.4, -0.2) is 29.4 Å². The molecule has 1 aromatic heterocycles. The number of hydrogen-bond acceptors (Lipinski definition) is 4. The molecule has 0 spiro atoms. The molecule has 6 nitrogen and oxygen atoms in total. The van der Waals surface area contributed by atoms with Gasteiger partial charge < -0.3 is 15.7 Å². The number of fused-ring (bicyclic) bond motifs is 1.